The fourth-order valence-electron chi connectivity index (χ4n) is 3.35. The number of benzene rings is 2. The maximum Gasteiger partial charge on any atom is 0.197 e. The van der Waals surface area contributed by atoms with Gasteiger partial charge in [0.25, 0.3) is 0 Å². The van der Waals surface area contributed by atoms with Crippen molar-refractivity contribution in [1.82, 2.24) is 0 Å². The predicted octanol–water partition coefficient (Wildman–Crippen LogP) is 4.23. The first kappa shape index (κ1) is 16.1. The molecule has 5 heteroatoms. The molecule has 0 saturated carbocycles. The van der Waals surface area contributed by atoms with Crippen LogP contribution in [0.3, 0.4) is 0 Å². The van der Waals surface area contributed by atoms with Crippen molar-refractivity contribution < 1.29 is 23.3 Å². The summed E-state index contributed by atoms with van der Waals surface area (Å²) in [7, 11) is 0. The maximum atomic E-state index is 15.1. The molecule has 2 aliphatic rings. The molecule has 1 atom stereocenters. The van der Waals surface area contributed by atoms with Gasteiger partial charge in [0, 0.05) is 5.56 Å². The molecule has 0 amide bonds. The van der Waals surface area contributed by atoms with Gasteiger partial charge in [0.15, 0.2) is 34.9 Å². The number of aryl methyl sites for hydroxylation is 2. The zero-order valence-electron chi connectivity index (χ0n) is 14.4. The fourth-order valence-corrected chi connectivity index (χ4v) is 3.35. The second kappa shape index (κ2) is 6.47. The van der Waals surface area contributed by atoms with E-state index in [0.29, 0.717) is 36.0 Å². The van der Waals surface area contributed by atoms with Crippen LogP contribution in [-0.2, 0) is 12.8 Å². The van der Waals surface area contributed by atoms with Crippen LogP contribution in [0.5, 0.6) is 23.0 Å². The highest BCUT2D eigenvalue weighted by Gasteiger charge is 2.31. The van der Waals surface area contributed by atoms with Crippen molar-refractivity contribution in [2.45, 2.75) is 32.8 Å². The summed E-state index contributed by atoms with van der Waals surface area (Å²) in [5.41, 5.74) is 2.43. The Kier molecular flexibility index (Phi) is 4.15. The van der Waals surface area contributed by atoms with Crippen LogP contribution in [0.1, 0.15) is 36.6 Å². The van der Waals surface area contributed by atoms with Crippen molar-refractivity contribution in [3.63, 3.8) is 0 Å². The average Bonchev–Trinajstić information content (AvgIpc) is 2.67. The normalized spacial score (nSPS) is 18.1. The third kappa shape index (κ3) is 2.68. The van der Waals surface area contributed by atoms with Crippen molar-refractivity contribution >= 4 is 0 Å². The van der Waals surface area contributed by atoms with Gasteiger partial charge >= 0.3 is 0 Å². The average molecular weight is 344 g/mol. The lowest BCUT2D eigenvalue weighted by Gasteiger charge is -2.30. The van der Waals surface area contributed by atoms with Gasteiger partial charge in [0.05, 0.1) is 0 Å². The molecule has 25 heavy (non-hydrogen) atoms. The Hall–Kier alpha value is -2.43. The van der Waals surface area contributed by atoms with Gasteiger partial charge in [0.1, 0.15) is 19.8 Å². The summed E-state index contributed by atoms with van der Waals surface area (Å²) in [5, 5.41) is 0. The van der Waals surface area contributed by atoms with Gasteiger partial charge in [-0.1, -0.05) is 26.0 Å². The van der Waals surface area contributed by atoms with Crippen molar-refractivity contribution in [1.29, 1.82) is 0 Å². The molecule has 2 aromatic rings. The molecule has 0 aromatic heterocycles. The molecular formula is C20H21FO4. The number of fused-ring (bicyclic) bond motifs is 2. The van der Waals surface area contributed by atoms with Gasteiger partial charge in [-0.2, -0.15) is 0 Å². The van der Waals surface area contributed by atoms with Crippen LogP contribution in [0.15, 0.2) is 24.3 Å². The van der Waals surface area contributed by atoms with E-state index >= 15 is 4.39 Å². The van der Waals surface area contributed by atoms with Crippen molar-refractivity contribution in [3.8, 4) is 23.0 Å². The van der Waals surface area contributed by atoms with Gasteiger partial charge in [0.2, 0.25) is 0 Å². The first-order valence-electron chi connectivity index (χ1n) is 8.75. The third-order valence-electron chi connectivity index (χ3n) is 4.68. The van der Waals surface area contributed by atoms with Crippen molar-refractivity contribution in [2.24, 2.45) is 0 Å². The van der Waals surface area contributed by atoms with Crippen molar-refractivity contribution in [3.05, 3.63) is 46.8 Å². The van der Waals surface area contributed by atoms with E-state index in [2.05, 4.69) is 6.92 Å². The van der Waals surface area contributed by atoms with E-state index in [9.17, 15) is 0 Å². The van der Waals surface area contributed by atoms with E-state index in [1.54, 1.807) is 0 Å². The van der Waals surface area contributed by atoms with E-state index in [1.807, 2.05) is 31.2 Å². The van der Waals surface area contributed by atoms with Crippen LogP contribution >= 0.6 is 0 Å². The number of hydrogen-bond donors (Lipinski definition) is 0. The van der Waals surface area contributed by atoms with Gasteiger partial charge in [-0.05, 0) is 36.1 Å². The van der Waals surface area contributed by atoms with Gasteiger partial charge in [-0.3, -0.25) is 0 Å². The van der Waals surface area contributed by atoms with Crippen LogP contribution < -0.4 is 18.9 Å². The van der Waals surface area contributed by atoms with E-state index < -0.39 is 11.9 Å². The van der Waals surface area contributed by atoms with Gasteiger partial charge in [-0.25, -0.2) is 4.39 Å². The Labute approximate surface area is 146 Å². The molecule has 4 nitrogen and oxygen atoms in total. The van der Waals surface area contributed by atoms with E-state index in [1.165, 1.54) is 0 Å². The summed E-state index contributed by atoms with van der Waals surface area (Å²) < 4.78 is 38.2. The Morgan fingerprint density at radius 1 is 0.960 bits per heavy atom. The van der Waals surface area contributed by atoms with Gasteiger partial charge in [-0.15, -0.1) is 0 Å². The number of rotatable bonds is 3. The van der Waals surface area contributed by atoms with Crippen molar-refractivity contribution in [2.75, 3.05) is 19.8 Å². The predicted molar refractivity (Wildman–Crippen MR) is 91.5 cm³/mol. The summed E-state index contributed by atoms with van der Waals surface area (Å²) >= 11 is 0. The molecule has 2 aliphatic heterocycles. The second-order valence-corrected chi connectivity index (χ2v) is 6.16. The maximum absolute atomic E-state index is 15.1. The molecular weight excluding hydrogens is 323 g/mol. The molecule has 0 aliphatic carbocycles. The first-order valence-corrected chi connectivity index (χ1v) is 8.75. The van der Waals surface area contributed by atoms with Crippen LogP contribution in [0.4, 0.5) is 4.39 Å². The molecule has 1 unspecified atom stereocenters. The van der Waals surface area contributed by atoms with Crippen LogP contribution in [0, 0.1) is 5.82 Å². The largest absolute Gasteiger partial charge is 0.486 e. The number of ether oxygens (including phenoxy) is 4. The summed E-state index contributed by atoms with van der Waals surface area (Å²) in [5.74, 6) is 1.70. The second-order valence-electron chi connectivity index (χ2n) is 6.16. The highest BCUT2D eigenvalue weighted by atomic mass is 19.1. The quantitative estimate of drug-likeness (QED) is 0.835. The minimum absolute atomic E-state index is 0.193. The Bertz CT molecular complexity index is 789. The standard InChI is InChI=1S/C20H21FO4/c1-3-12-6-5-7-15-18(12)25-16(11-24-15)14-10-13(4-2)19-20(17(14)21)23-9-8-22-19/h5-7,10,16H,3-4,8-9,11H2,1-2H3. The summed E-state index contributed by atoms with van der Waals surface area (Å²) in [6.07, 6.45) is 1.04. The highest BCUT2D eigenvalue weighted by Crippen LogP contribution is 2.44. The topological polar surface area (TPSA) is 36.9 Å². The summed E-state index contributed by atoms with van der Waals surface area (Å²) in [6, 6.07) is 7.64. The number of hydrogen-bond acceptors (Lipinski definition) is 4. The zero-order valence-corrected chi connectivity index (χ0v) is 14.4. The van der Waals surface area contributed by atoms with Crippen LogP contribution in [0.2, 0.25) is 0 Å². The molecule has 0 N–H and O–H groups in total. The molecule has 0 fully saturated rings. The van der Waals surface area contributed by atoms with E-state index in [0.717, 1.165) is 24.0 Å². The highest BCUT2D eigenvalue weighted by molar-refractivity contribution is 5.53. The minimum Gasteiger partial charge on any atom is -0.486 e. The minimum atomic E-state index is -0.513. The Balaban J connectivity index is 1.75. The number of para-hydroxylation sites is 1. The molecule has 0 radical (unpaired) electrons. The summed E-state index contributed by atoms with van der Waals surface area (Å²) in [6.45, 7) is 5.12. The monoisotopic (exact) mass is 344 g/mol. The lowest BCUT2D eigenvalue weighted by atomic mass is 10.0. The number of halogens is 1. The molecule has 0 bridgehead atoms. The Morgan fingerprint density at radius 2 is 1.72 bits per heavy atom. The molecule has 0 spiro atoms. The van der Waals surface area contributed by atoms with Crippen LogP contribution in [-0.4, -0.2) is 19.8 Å². The van der Waals surface area contributed by atoms with Crippen LogP contribution in [0.25, 0.3) is 0 Å². The molecule has 132 valence electrons. The van der Waals surface area contributed by atoms with Gasteiger partial charge < -0.3 is 18.9 Å². The molecule has 0 saturated heterocycles. The fraction of sp³-hybridized carbons (Fsp3) is 0.400. The Morgan fingerprint density at radius 3 is 2.48 bits per heavy atom. The summed E-state index contributed by atoms with van der Waals surface area (Å²) in [4.78, 5) is 0. The molecule has 2 aromatic carbocycles. The lowest BCUT2D eigenvalue weighted by Crippen LogP contribution is -2.25. The first-order chi connectivity index (χ1) is 12.2. The van der Waals surface area contributed by atoms with E-state index in [-0.39, 0.29) is 12.4 Å². The third-order valence-corrected chi connectivity index (χ3v) is 4.68. The van der Waals surface area contributed by atoms with E-state index in [4.69, 9.17) is 18.9 Å². The SMILES string of the molecule is CCc1cccc2c1OC(c1cc(CC)c3c(c1F)OCCO3)CO2. The molecule has 4 rings (SSSR count). The smallest absolute Gasteiger partial charge is 0.197 e. The zero-order chi connectivity index (χ0) is 17.4. The molecule has 2 heterocycles. The lowest BCUT2D eigenvalue weighted by molar-refractivity contribution is 0.0856.